The summed E-state index contributed by atoms with van der Waals surface area (Å²) < 4.78 is 5.71. The Morgan fingerprint density at radius 1 is 1.25 bits per heavy atom. The monoisotopic (exact) mass is 272 g/mol. The maximum Gasteiger partial charge on any atom is 0.316 e. The molecule has 1 aromatic heterocycles. The van der Waals surface area contributed by atoms with Crippen molar-refractivity contribution in [2.75, 3.05) is 12.4 Å². The van der Waals surface area contributed by atoms with E-state index in [1.54, 1.807) is 36.5 Å². The van der Waals surface area contributed by atoms with E-state index in [1.807, 2.05) is 13.1 Å². The summed E-state index contributed by atoms with van der Waals surface area (Å²) in [6.07, 6.45) is 1.70. The molecule has 2 aromatic rings. The van der Waals surface area contributed by atoms with Gasteiger partial charge in [0.05, 0.1) is 5.69 Å². The molecule has 6 heteroatoms. The number of carbonyl (C=O) groups is 1. The van der Waals surface area contributed by atoms with Crippen LogP contribution in [-0.2, 0) is 6.54 Å². The van der Waals surface area contributed by atoms with Gasteiger partial charge < -0.3 is 21.1 Å². The molecule has 1 heterocycles. The van der Waals surface area contributed by atoms with Gasteiger partial charge in [-0.2, -0.15) is 0 Å². The number of nitrogens with zero attached hydrogens (tertiary/aromatic N) is 1. The number of nitrogens with two attached hydrogens (primary N) is 1. The molecule has 0 atom stereocenters. The molecule has 0 aliphatic carbocycles. The Bertz CT molecular complexity index is 584. The third-order valence-corrected chi connectivity index (χ3v) is 2.50. The molecule has 6 nitrogen and oxygen atoms in total. The molecular weight excluding hydrogens is 256 g/mol. The van der Waals surface area contributed by atoms with Crippen LogP contribution in [0.15, 0.2) is 42.6 Å². The smallest absolute Gasteiger partial charge is 0.316 e. The predicted octanol–water partition coefficient (Wildman–Crippen LogP) is 2.08. The van der Waals surface area contributed by atoms with Gasteiger partial charge in [0, 0.05) is 24.5 Å². The number of carbonyl (C=O) groups excluding carboxylic acids is 1. The lowest BCUT2D eigenvalue weighted by Crippen LogP contribution is -2.19. The number of anilines is 1. The number of ether oxygens (including phenoxy) is 1. The molecular formula is C14H16N4O2. The molecule has 104 valence electrons. The van der Waals surface area contributed by atoms with Crippen LogP contribution in [0.3, 0.4) is 0 Å². The van der Waals surface area contributed by atoms with Gasteiger partial charge >= 0.3 is 6.03 Å². The fourth-order valence-corrected chi connectivity index (χ4v) is 1.68. The van der Waals surface area contributed by atoms with E-state index >= 15 is 0 Å². The molecule has 0 unspecified atom stereocenters. The van der Waals surface area contributed by atoms with Crippen molar-refractivity contribution in [3.05, 3.63) is 48.3 Å². The van der Waals surface area contributed by atoms with E-state index in [9.17, 15) is 4.79 Å². The van der Waals surface area contributed by atoms with Crippen LogP contribution >= 0.6 is 0 Å². The molecule has 0 saturated carbocycles. The van der Waals surface area contributed by atoms with Crippen LogP contribution in [-0.4, -0.2) is 18.1 Å². The van der Waals surface area contributed by atoms with Crippen LogP contribution in [0, 0.1) is 0 Å². The largest absolute Gasteiger partial charge is 0.457 e. The third kappa shape index (κ3) is 3.96. The molecule has 0 radical (unpaired) electrons. The second kappa shape index (κ2) is 6.53. The van der Waals surface area contributed by atoms with E-state index in [2.05, 4.69) is 15.6 Å². The molecule has 2 amide bonds. The van der Waals surface area contributed by atoms with Crippen molar-refractivity contribution in [3.63, 3.8) is 0 Å². The Hall–Kier alpha value is -2.60. The normalized spacial score (nSPS) is 10.1. The lowest BCUT2D eigenvalue weighted by Gasteiger charge is -2.08. The molecule has 0 bridgehead atoms. The molecule has 1 aromatic carbocycles. The van der Waals surface area contributed by atoms with Crippen LogP contribution in [0.5, 0.6) is 11.5 Å². The third-order valence-electron chi connectivity index (χ3n) is 2.50. The van der Waals surface area contributed by atoms with Gasteiger partial charge in [-0.1, -0.05) is 0 Å². The van der Waals surface area contributed by atoms with Crippen molar-refractivity contribution in [2.24, 2.45) is 5.73 Å². The van der Waals surface area contributed by atoms with Crippen LogP contribution in [0.4, 0.5) is 10.5 Å². The first-order valence-corrected chi connectivity index (χ1v) is 6.11. The molecule has 0 saturated heterocycles. The van der Waals surface area contributed by atoms with Gasteiger partial charge in [0.25, 0.3) is 0 Å². The van der Waals surface area contributed by atoms with Crippen LogP contribution < -0.4 is 21.1 Å². The highest BCUT2D eigenvalue weighted by atomic mass is 16.5. The molecule has 0 aliphatic rings. The summed E-state index contributed by atoms with van der Waals surface area (Å²) in [5.74, 6) is 1.38. The van der Waals surface area contributed by atoms with Gasteiger partial charge in [-0.05, 0) is 37.4 Å². The highest BCUT2D eigenvalue weighted by molar-refractivity contribution is 5.87. The maximum absolute atomic E-state index is 10.7. The van der Waals surface area contributed by atoms with Gasteiger partial charge in [-0.15, -0.1) is 0 Å². The number of amides is 2. The summed E-state index contributed by atoms with van der Waals surface area (Å²) in [5.41, 5.74) is 6.56. The van der Waals surface area contributed by atoms with Gasteiger partial charge in [0.15, 0.2) is 0 Å². The van der Waals surface area contributed by atoms with E-state index in [0.29, 0.717) is 23.7 Å². The van der Waals surface area contributed by atoms with Crippen molar-refractivity contribution in [3.8, 4) is 11.5 Å². The standard InChI is InChI=1S/C14H16N4O2/c1-16-9-11-8-13(6-7-17-11)20-12-4-2-10(3-5-12)18-14(15)19/h2-8,16H,9H2,1H3,(H3,15,18,19). The number of benzene rings is 1. The number of primary amides is 1. The van der Waals surface area contributed by atoms with Gasteiger partial charge in [-0.3, -0.25) is 4.98 Å². The van der Waals surface area contributed by atoms with E-state index in [1.165, 1.54) is 0 Å². The minimum atomic E-state index is -0.593. The summed E-state index contributed by atoms with van der Waals surface area (Å²) in [6.45, 7) is 0.679. The highest BCUT2D eigenvalue weighted by Gasteiger charge is 2.01. The minimum Gasteiger partial charge on any atom is -0.457 e. The quantitative estimate of drug-likeness (QED) is 0.777. The SMILES string of the molecule is CNCc1cc(Oc2ccc(NC(N)=O)cc2)ccn1. The van der Waals surface area contributed by atoms with Crippen molar-refractivity contribution in [2.45, 2.75) is 6.54 Å². The fourth-order valence-electron chi connectivity index (χ4n) is 1.68. The molecule has 0 spiro atoms. The Morgan fingerprint density at radius 3 is 2.65 bits per heavy atom. The number of nitrogens with one attached hydrogen (secondary N) is 2. The minimum absolute atomic E-state index is 0.593. The second-order valence-electron chi connectivity index (χ2n) is 4.13. The van der Waals surface area contributed by atoms with Crippen LogP contribution in [0.1, 0.15) is 5.69 Å². The molecule has 0 aliphatic heterocycles. The first-order chi connectivity index (χ1) is 9.67. The van der Waals surface area contributed by atoms with Gasteiger partial charge in [0.2, 0.25) is 0 Å². The lowest BCUT2D eigenvalue weighted by atomic mass is 10.3. The van der Waals surface area contributed by atoms with E-state index in [-0.39, 0.29) is 0 Å². The maximum atomic E-state index is 10.7. The number of urea groups is 1. The van der Waals surface area contributed by atoms with Crippen molar-refractivity contribution in [1.29, 1.82) is 0 Å². The summed E-state index contributed by atoms with van der Waals surface area (Å²) in [4.78, 5) is 14.9. The fraction of sp³-hybridized carbons (Fsp3) is 0.143. The zero-order chi connectivity index (χ0) is 14.4. The average Bonchev–Trinajstić information content (AvgIpc) is 2.41. The lowest BCUT2D eigenvalue weighted by molar-refractivity contribution is 0.259. The molecule has 20 heavy (non-hydrogen) atoms. The predicted molar refractivity (Wildman–Crippen MR) is 76.7 cm³/mol. The number of aromatic nitrogens is 1. The Morgan fingerprint density at radius 2 is 2.00 bits per heavy atom. The Balaban J connectivity index is 2.05. The number of hydrogen-bond acceptors (Lipinski definition) is 4. The number of hydrogen-bond donors (Lipinski definition) is 3. The van der Waals surface area contributed by atoms with E-state index in [4.69, 9.17) is 10.5 Å². The van der Waals surface area contributed by atoms with Crippen molar-refractivity contribution < 1.29 is 9.53 Å². The molecule has 2 rings (SSSR count). The first-order valence-electron chi connectivity index (χ1n) is 6.11. The van der Waals surface area contributed by atoms with E-state index in [0.717, 1.165) is 5.69 Å². The summed E-state index contributed by atoms with van der Waals surface area (Å²) in [5, 5.41) is 5.52. The zero-order valence-electron chi connectivity index (χ0n) is 11.1. The van der Waals surface area contributed by atoms with Crippen LogP contribution in [0.25, 0.3) is 0 Å². The highest BCUT2D eigenvalue weighted by Crippen LogP contribution is 2.23. The van der Waals surface area contributed by atoms with Crippen molar-refractivity contribution >= 4 is 11.7 Å². The van der Waals surface area contributed by atoms with Crippen molar-refractivity contribution in [1.82, 2.24) is 10.3 Å². The second-order valence-corrected chi connectivity index (χ2v) is 4.13. The first kappa shape index (κ1) is 13.8. The topological polar surface area (TPSA) is 89.3 Å². The Kier molecular flexibility index (Phi) is 4.52. The number of pyridine rings is 1. The Labute approximate surface area is 117 Å². The summed E-state index contributed by atoms with van der Waals surface area (Å²) in [7, 11) is 1.86. The van der Waals surface area contributed by atoms with Crippen LogP contribution in [0.2, 0.25) is 0 Å². The van der Waals surface area contributed by atoms with Gasteiger partial charge in [-0.25, -0.2) is 4.79 Å². The van der Waals surface area contributed by atoms with Gasteiger partial charge in [0.1, 0.15) is 11.5 Å². The molecule has 4 N–H and O–H groups in total. The van der Waals surface area contributed by atoms with E-state index < -0.39 is 6.03 Å². The molecule has 0 fully saturated rings. The summed E-state index contributed by atoms with van der Waals surface area (Å²) >= 11 is 0. The average molecular weight is 272 g/mol. The summed E-state index contributed by atoms with van der Waals surface area (Å²) in [6, 6.07) is 10.0. The number of rotatable bonds is 5. The zero-order valence-corrected chi connectivity index (χ0v) is 11.1.